The van der Waals surface area contributed by atoms with Gasteiger partial charge >= 0.3 is 0 Å². The first-order valence-corrected chi connectivity index (χ1v) is 7.54. The van der Waals surface area contributed by atoms with E-state index in [4.69, 9.17) is 10.5 Å². The van der Waals surface area contributed by atoms with Crippen molar-refractivity contribution < 1.29 is 13.9 Å². The first-order valence-electron chi connectivity index (χ1n) is 7.54. The van der Waals surface area contributed by atoms with Gasteiger partial charge < -0.3 is 15.8 Å². The summed E-state index contributed by atoms with van der Waals surface area (Å²) in [4.78, 5) is 12.0. The molecule has 3 unspecified atom stereocenters. The fourth-order valence-electron chi connectivity index (χ4n) is 2.62. The monoisotopic (exact) mass is 330 g/mol. The summed E-state index contributed by atoms with van der Waals surface area (Å²) < 4.78 is 18.8. The number of ether oxygens (including phenoxy) is 1. The molecule has 1 amide bonds. The largest absolute Gasteiger partial charge is 0.489 e. The lowest BCUT2D eigenvalue weighted by atomic mass is 10.1. The molecule has 0 bridgehead atoms. The van der Waals surface area contributed by atoms with E-state index >= 15 is 0 Å². The molecule has 22 heavy (non-hydrogen) atoms. The SMILES string of the molecule is CCC(CNC(=O)C1CCC(N)C1)Oc1cccc(F)c1.Cl. The van der Waals surface area contributed by atoms with Gasteiger partial charge in [-0.3, -0.25) is 4.79 Å². The Morgan fingerprint density at radius 3 is 2.86 bits per heavy atom. The maximum Gasteiger partial charge on any atom is 0.223 e. The van der Waals surface area contributed by atoms with E-state index in [2.05, 4.69) is 5.32 Å². The molecule has 0 saturated heterocycles. The van der Waals surface area contributed by atoms with E-state index in [0.29, 0.717) is 12.3 Å². The number of rotatable bonds is 6. The Hall–Kier alpha value is -1.33. The van der Waals surface area contributed by atoms with Gasteiger partial charge in [-0.15, -0.1) is 12.4 Å². The molecule has 1 saturated carbocycles. The van der Waals surface area contributed by atoms with Crippen LogP contribution in [-0.4, -0.2) is 24.6 Å². The summed E-state index contributed by atoms with van der Waals surface area (Å²) in [6.45, 7) is 2.40. The zero-order valence-electron chi connectivity index (χ0n) is 12.8. The van der Waals surface area contributed by atoms with Crippen molar-refractivity contribution in [2.45, 2.75) is 44.8 Å². The number of hydrogen-bond donors (Lipinski definition) is 2. The highest BCUT2D eigenvalue weighted by atomic mass is 35.5. The van der Waals surface area contributed by atoms with E-state index < -0.39 is 0 Å². The number of hydrogen-bond acceptors (Lipinski definition) is 3. The molecule has 0 radical (unpaired) electrons. The first kappa shape index (κ1) is 18.7. The van der Waals surface area contributed by atoms with Crippen molar-refractivity contribution in [1.82, 2.24) is 5.32 Å². The zero-order valence-corrected chi connectivity index (χ0v) is 13.6. The van der Waals surface area contributed by atoms with E-state index in [0.717, 1.165) is 25.7 Å². The van der Waals surface area contributed by atoms with Gasteiger partial charge in [0.1, 0.15) is 17.7 Å². The van der Waals surface area contributed by atoms with Crippen molar-refractivity contribution in [3.63, 3.8) is 0 Å². The molecule has 1 aromatic carbocycles. The highest BCUT2D eigenvalue weighted by molar-refractivity contribution is 5.85. The number of benzene rings is 1. The predicted octanol–water partition coefficient (Wildman–Crippen LogP) is 2.65. The lowest BCUT2D eigenvalue weighted by Gasteiger charge is -2.19. The van der Waals surface area contributed by atoms with Gasteiger partial charge in [0.05, 0.1) is 6.54 Å². The predicted molar refractivity (Wildman–Crippen MR) is 86.7 cm³/mol. The molecule has 1 aliphatic carbocycles. The summed E-state index contributed by atoms with van der Waals surface area (Å²) >= 11 is 0. The first-order chi connectivity index (χ1) is 10.1. The lowest BCUT2D eigenvalue weighted by Crippen LogP contribution is -2.38. The van der Waals surface area contributed by atoms with Gasteiger partial charge in [0, 0.05) is 18.0 Å². The molecule has 0 aliphatic heterocycles. The second-order valence-electron chi connectivity index (χ2n) is 5.62. The van der Waals surface area contributed by atoms with Crippen LogP contribution in [0.5, 0.6) is 5.75 Å². The van der Waals surface area contributed by atoms with Crippen molar-refractivity contribution in [3.8, 4) is 5.75 Å². The quantitative estimate of drug-likeness (QED) is 0.842. The number of nitrogens with two attached hydrogens (primary N) is 1. The topological polar surface area (TPSA) is 64.4 Å². The van der Waals surface area contributed by atoms with Crippen molar-refractivity contribution in [2.24, 2.45) is 11.7 Å². The van der Waals surface area contributed by atoms with Gasteiger partial charge in [-0.2, -0.15) is 0 Å². The average Bonchev–Trinajstić information content (AvgIpc) is 2.90. The third kappa shape index (κ3) is 5.46. The Balaban J connectivity index is 0.00000242. The standard InChI is InChI=1S/C16H23FN2O2.ClH/c1-2-14(21-15-5-3-4-12(17)9-15)10-19-16(20)11-6-7-13(18)8-11;/h3-5,9,11,13-14H,2,6-8,10,18H2,1H3,(H,19,20);1H. The number of carbonyl (C=O) groups excluding carboxylic acids is 1. The maximum absolute atomic E-state index is 13.1. The normalized spacial score (nSPS) is 21.8. The van der Waals surface area contributed by atoms with Gasteiger partial charge in [0.15, 0.2) is 0 Å². The third-order valence-electron chi connectivity index (χ3n) is 3.90. The fraction of sp³-hybridized carbons (Fsp3) is 0.562. The third-order valence-corrected chi connectivity index (χ3v) is 3.90. The summed E-state index contributed by atoms with van der Waals surface area (Å²) in [6.07, 6.45) is 3.10. The van der Waals surface area contributed by atoms with Gasteiger partial charge in [0.25, 0.3) is 0 Å². The summed E-state index contributed by atoms with van der Waals surface area (Å²) in [5.74, 6) is 0.223. The van der Waals surface area contributed by atoms with Gasteiger partial charge in [-0.05, 0) is 37.8 Å². The molecule has 3 atom stereocenters. The molecule has 1 aliphatic rings. The summed E-state index contributed by atoms with van der Waals surface area (Å²) in [5, 5.41) is 2.92. The smallest absolute Gasteiger partial charge is 0.223 e. The number of amides is 1. The average molecular weight is 331 g/mol. The van der Waals surface area contributed by atoms with Gasteiger partial charge in [-0.25, -0.2) is 4.39 Å². The molecule has 124 valence electrons. The molecular formula is C16H24ClFN2O2. The van der Waals surface area contributed by atoms with Crippen LogP contribution in [-0.2, 0) is 4.79 Å². The highest BCUT2D eigenvalue weighted by Crippen LogP contribution is 2.24. The molecule has 2 rings (SSSR count). The second kappa shape index (κ2) is 8.96. The van der Waals surface area contributed by atoms with Crippen molar-refractivity contribution in [3.05, 3.63) is 30.1 Å². The maximum atomic E-state index is 13.1. The Morgan fingerprint density at radius 1 is 1.50 bits per heavy atom. The van der Waals surface area contributed by atoms with Crippen LogP contribution in [0.1, 0.15) is 32.6 Å². The number of nitrogens with one attached hydrogen (secondary N) is 1. The van der Waals surface area contributed by atoms with Gasteiger partial charge in [-0.1, -0.05) is 13.0 Å². The molecule has 3 N–H and O–H groups in total. The summed E-state index contributed by atoms with van der Waals surface area (Å²) in [7, 11) is 0. The van der Waals surface area contributed by atoms with Crippen LogP contribution in [0.25, 0.3) is 0 Å². The van der Waals surface area contributed by atoms with E-state index in [9.17, 15) is 9.18 Å². The Kier molecular flexibility index (Phi) is 7.62. The van der Waals surface area contributed by atoms with E-state index in [-0.39, 0.29) is 42.2 Å². The Morgan fingerprint density at radius 2 is 2.27 bits per heavy atom. The zero-order chi connectivity index (χ0) is 15.2. The van der Waals surface area contributed by atoms with Crippen LogP contribution in [0.2, 0.25) is 0 Å². The van der Waals surface area contributed by atoms with Crippen molar-refractivity contribution in [1.29, 1.82) is 0 Å². The molecule has 6 heteroatoms. The summed E-state index contributed by atoms with van der Waals surface area (Å²) in [6, 6.07) is 6.19. The molecule has 4 nitrogen and oxygen atoms in total. The van der Waals surface area contributed by atoms with Crippen LogP contribution in [0, 0.1) is 11.7 Å². The van der Waals surface area contributed by atoms with E-state index in [1.807, 2.05) is 6.92 Å². The van der Waals surface area contributed by atoms with Crippen molar-refractivity contribution in [2.75, 3.05) is 6.54 Å². The molecule has 0 spiro atoms. The Bertz CT molecular complexity index is 487. The molecule has 1 aromatic rings. The minimum atomic E-state index is -0.327. The van der Waals surface area contributed by atoms with Gasteiger partial charge in [0.2, 0.25) is 5.91 Å². The lowest BCUT2D eigenvalue weighted by molar-refractivity contribution is -0.125. The molecule has 1 fully saturated rings. The summed E-state index contributed by atoms with van der Waals surface area (Å²) in [5.41, 5.74) is 5.82. The van der Waals surface area contributed by atoms with Crippen LogP contribution < -0.4 is 15.8 Å². The van der Waals surface area contributed by atoms with Crippen LogP contribution in [0.3, 0.4) is 0 Å². The minimum absolute atomic E-state index is 0. The molecule has 0 aromatic heterocycles. The molecule has 0 heterocycles. The number of halogens is 2. The number of carbonyl (C=O) groups is 1. The fourth-order valence-corrected chi connectivity index (χ4v) is 2.62. The van der Waals surface area contributed by atoms with Crippen LogP contribution in [0.15, 0.2) is 24.3 Å². The Labute approximate surface area is 137 Å². The van der Waals surface area contributed by atoms with Crippen LogP contribution in [0.4, 0.5) is 4.39 Å². The second-order valence-corrected chi connectivity index (χ2v) is 5.62. The highest BCUT2D eigenvalue weighted by Gasteiger charge is 2.27. The minimum Gasteiger partial charge on any atom is -0.489 e. The van der Waals surface area contributed by atoms with E-state index in [1.54, 1.807) is 12.1 Å². The van der Waals surface area contributed by atoms with E-state index in [1.165, 1.54) is 12.1 Å². The molecular weight excluding hydrogens is 307 g/mol. The van der Waals surface area contributed by atoms with Crippen molar-refractivity contribution >= 4 is 18.3 Å². The van der Waals surface area contributed by atoms with Crippen LogP contribution >= 0.6 is 12.4 Å².